The fourth-order valence-electron chi connectivity index (χ4n) is 7.40. The molecule has 68 heavy (non-hydrogen) atoms. The van der Waals surface area contributed by atoms with Crippen LogP contribution in [0.2, 0.25) is 0 Å². The Balaban J connectivity index is 1.85. The third kappa shape index (κ3) is 27.4. The molecule has 0 amide bonds. The summed E-state index contributed by atoms with van der Waals surface area (Å²) in [6.45, 7) is 2.45. The van der Waals surface area contributed by atoms with Gasteiger partial charge in [0.2, 0.25) is 0 Å². The van der Waals surface area contributed by atoms with Gasteiger partial charge in [0.05, 0.1) is 19.8 Å². The van der Waals surface area contributed by atoms with Crippen molar-refractivity contribution in [2.75, 3.05) is 26.4 Å². The molecule has 0 bridgehead atoms. The van der Waals surface area contributed by atoms with E-state index < -0.39 is 99.3 Å². The summed E-state index contributed by atoms with van der Waals surface area (Å²) >= 11 is 0. The van der Waals surface area contributed by atoms with Crippen LogP contribution in [0.15, 0.2) is 72.9 Å². The molecule has 4 unspecified atom stereocenters. The zero-order valence-corrected chi connectivity index (χ0v) is 41.1. The molecule has 11 atom stereocenters. The van der Waals surface area contributed by atoms with Gasteiger partial charge in [-0.15, -0.1) is 0 Å². The van der Waals surface area contributed by atoms with Gasteiger partial charge in [-0.05, 0) is 89.9 Å². The van der Waals surface area contributed by atoms with Gasteiger partial charge in [0.25, 0.3) is 0 Å². The Morgan fingerprint density at radius 3 is 1.40 bits per heavy atom. The first-order valence-electron chi connectivity index (χ1n) is 25.5. The predicted octanol–water partition coefficient (Wildman–Crippen LogP) is 7.04. The van der Waals surface area contributed by atoms with Gasteiger partial charge in [-0.2, -0.15) is 0 Å². The number of ether oxygens (including phenoxy) is 6. The summed E-state index contributed by atoms with van der Waals surface area (Å²) in [6, 6.07) is 0. The van der Waals surface area contributed by atoms with Crippen molar-refractivity contribution in [1.29, 1.82) is 0 Å². The van der Waals surface area contributed by atoms with Gasteiger partial charge >= 0.3 is 11.9 Å². The molecule has 390 valence electrons. The number of unbranched alkanes of at least 4 members (excludes halogenated alkanes) is 12. The molecule has 2 rings (SSSR count). The van der Waals surface area contributed by atoms with E-state index in [1.165, 1.54) is 38.5 Å². The van der Waals surface area contributed by atoms with Crippen LogP contribution in [-0.4, -0.2) is 142 Å². The minimum absolute atomic E-state index is 0.107. The van der Waals surface area contributed by atoms with Gasteiger partial charge in [-0.25, -0.2) is 0 Å². The summed E-state index contributed by atoms with van der Waals surface area (Å²) in [7, 11) is 0. The van der Waals surface area contributed by atoms with Crippen molar-refractivity contribution in [1.82, 2.24) is 0 Å². The second-order valence-corrected chi connectivity index (χ2v) is 17.6. The van der Waals surface area contributed by atoms with Gasteiger partial charge < -0.3 is 64.2 Å². The van der Waals surface area contributed by atoms with Crippen LogP contribution in [0.25, 0.3) is 0 Å². The Morgan fingerprint density at radius 1 is 0.471 bits per heavy atom. The molecule has 0 aliphatic carbocycles. The lowest BCUT2D eigenvalue weighted by molar-refractivity contribution is -0.332. The van der Waals surface area contributed by atoms with E-state index in [0.29, 0.717) is 12.8 Å². The summed E-state index contributed by atoms with van der Waals surface area (Å²) < 4.78 is 33.5. The van der Waals surface area contributed by atoms with E-state index >= 15 is 0 Å². The molecule has 2 heterocycles. The maximum absolute atomic E-state index is 13.0. The fourth-order valence-corrected chi connectivity index (χ4v) is 7.40. The standard InChI is InChI=1S/C53H88O15/c1-3-5-7-9-11-13-15-17-19-20-22-23-25-27-29-31-33-35-44(55)63-38-41(66-45(56)36-34-32-30-28-26-24-21-18-16-14-12-10-8-6-4-2)39-64-52-51(62)49(60)47(58)43(68-52)40-65-53-50(61)48(59)46(57)42(37-54)67-53/h11-14,17-19,21-23,26,28,41-43,46-54,57-62H,3-10,15-16,20,24-25,27,29-40H2,1-2H3/b13-11+,14-12+,19-17+,21-18+,23-22+,28-26+/t41-,42+,43+,46-,47-,48?,49?,50?,51?,52+,53+/m0/s1. The number of hydrogen-bond acceptors (Lipinski definition) is 15. The van der Waals surface area contributed by atoms with E-state index in [9.17, 15) is 45.3 Å². The van der Waals surface area contributed by atoms with Crippen molar-refractivity contribution in [3.63, 3.8) is 0 Å². The van der Waals surface area contributed by atoms with Crippen LogP contribution in [0.5, 0.6) is 0 Å². The zero-order valence-electron chi connectivity index (χ0n) is 41.1. The van der Waals surface area contributed by atoms with Crippen molar-refractivity contribution in [2.24, 2.45) is 0 Å². The predicted molar refractivity (Wildman–Crippen MR) is 261 cm³/mol. The van der Waals surface area contributed by atoms with Crippen molar-refractivity contribution in [3.05, 3.63) is 72.9 Å². The quantitative estimate of drug-likeness (QED) is 0.0187. The third-order valence-electron chi connectivity index (χ3n) is 11.7. The molecule has 2 saturated heterocycles. The van der Waals surface area contributed by atoms with E-state index in [4.69, 9.17) is 28.4 Å². The molecule has 0 spiro atoms. The fraction of sp³-hybridized carbons (Fsp3) is 0.736. The molecular formula is C53H88O15. The number of aliphatic hydroxyl groups excluding tert-OH is 7. The second kappa shape index (κ2) is 39.6. The maximum atomic E-state index is 13.0. The number of carbonyl (C=O) groups is 2. The molecule has 2 aliphatic rings. The molecule has 2 aliphatic heterocycles. The van der Waals surface area contributed by atoms with Crippen LogP contribution in [0, 0.1) is 0 Å². The van der Waals surface area contributed by atoms with Crippen molar-refractivity contribution in [2.45, 2.75) is 223 Å². The molecular weight excluding hydrogens is 877 g/mol. The largest absolute Gasteiger partial charge is 0.462 e. The highest BCUT2D eigenvalue weighted by atomic mass is 16.7. The average molecular weight is 965 g/mol. The first-order valence-corrected chi connectivity index (χ1v) is 25.5. The number of hydrogen-bond donors (Lipinski definition) is 7. The number of carbonyl (C=O) groups excluding carboxylic acids is 2. The maximum Gasteiger partial charge on any atom is 0.306 e. The van der Waals surface area contributed by atoms with Gasteiger partial charge in [-0.1, -0.05) is 125 Å². The van der Waals surface area contributed by atoms with E-state index in [1.807, 2.05) is 0 Å². The molecule has 0 saturated carbocycles. The van der Waals surface area contributed by atoms with Crippen LogP contribution in [0.1, 0.15) is 155 Å². The summed E-state index contributed by atoms with van der Waals surface area (Å²) in [5, 5.41) is 72.1. The lowest BCUT2D eigenvalue weighted by Crippen LogP contribution is -2.61. The molecule has 0 aromatic rings. The monoisotopic (exact) mass is 965 g/mol. The highest BCUT2D eigenvalue weighted by Crippen LogP contribution is 2.26. The van der Waals surface area contributed by atoms with Gasteiger partial charge in [0.1, 0.15) is 55.4 Å². The lowest BCUT2D eigenvalue weighted by Gasteiger charge is -2.42. The van der Waals surface area contributed by atoms with E-state index in [2.05, 4.69) is 86.8 Å². The molecule has 7 N–H and O–H groups in total. The number of allylic oxidation sites excluding steroid dienone is 12. The molecule has 0 aromatic carbocycles. The molecule has 0 radical (unpaired) electrons. The number of rotatable bonds is 38. The van der Waals surface area contributed by atoms with E-state index in [1.54, 1.807) is 0 Å². The van der Waals surface area contributed by atoms with Gasteiger partial charge in [-0.3, -0.25) is 9.59 Å². The molecule has 15 nitrogen and oxygen atoms in total. The molecule has 2 fully saturated rings. The van der Waals surface area contributed by atoms with Crippen LogP contribution in [0.3, 0.4) is 0 Å². The average Bonchev–Trinajstić information content (AvgIpc) is 3.33. The van der Waals surface area contributed by atoms with Crippen molar-refractivity contribution >= 4 is 11.9 Å². The summed E-state index contributed by atoms with van der Waals surface area (Å²) in [5.41, 5.74) is 0. The normalized spacial score (nSPS) is 26.4. The molecule has 0 aromatic heterocycles. The zero-order chi connectivity index (χ0) is 49.6. The minimum Gasteiger partial charge on any atom is -0.462 e. The Hall–Kier alpha value is -3.06. The Morgan fingerprint density at radius 2 is 0.882 bits per heavy atom. The van der Waals surface area contributed by atoms with Crippen LogP contribution >= 0.6 is 0 Å². The Labute approximate surface area is 406 Å². The molecule has 15 heteroatoms. The van der Waals surface area contributed by atoms with Crippen molar-refractivity contribution < 1.29 is 73.8 Å². The summed E-state index contributed by atoms with van der Waals surface area (Å²) in [4.78, 5) is 25.7. The highest BCUT2D eigenvalue weighted by Gasteiger charge is 2.47. The number of aliphatic hydroxyl groups is 7. The summed E-state index contributed by atoms with van der Waals surface area (Å²) in [6.07, 6.45) is 29.3. The van der Waals surface area contributed by atoms with Crippen LogP contribution in [0.4, 0.5) is 0 Å². The SMILES string of the molecule is CCCCC/C=C/C/C=C/C/C=C/CCCCCCC(=O)OC[C@@H](CO[C@@H]1O[C@H](CO[C@@H]2O[C@H](CO)[C@H](O)C(O)C2O)[C@H](O)C(O)C1O)OC(=O)CCCC/C=C/C/C=C/C/C=C/CCCCC. The first-order chi connectivity index (χ1) is 33.0. The van der Waals surface area contributed by atoms with E-state index in [-0.39, 0.29) is 19.4 Å². The smallest absolute Gasteiger partial charge is 0.306 e. The Kier molecular flexibility index (Phi) is 35.6. The van der Waals surface area contributed by atoms with E-state index in [0.717, 1.165) is 77.0 Å². The Bertz CT molecular complexity index is 1460. The topological polar surface area (TPSA) is 231 Å². The number of esters is 2. The van der Waals surface area contributed by atoms with Gasteiger partial charge in [0.15, 0.2) is 18.7 Å². The third-order valence-corrected chi connectivity index (χ3v) is 11.7. The lowest BCUT2D eigenvalue weighted by atomic mass is 9.98. The highest BCUT2D eigenvalue weighted by molar-refractivity contribution is 5.70. The summed E-state index contributed by atoms with van der Waals surface area (Å²) in [5.74, 6) is -1.00. The van der Waals surface area contributed by atoms with Crippen LogP contribution < -0.4 is 0 Å². The first kappa shape index (κ1) is 61.1. The van der Waals surface area contributed by atoms with Gasteiger partial charge in [0, 0.05) is 12.8 Å². The minimum atomic E-state index is -1.78. The van der Waals surface area contributed by atoms with Crippen molar-refractivity contribution in [3.8, 4) is 0 Å². The van der Waals surface area contributed by atoms with Crippen LogP contribution in [-0.2, 0) is 38.0 Å². The second-order valence-electron chi connectivity index (χ2n) is 17.6.